The zero-order valence-electron chi connectivity index (χ0n) is 12.3. The Labute approximate surface area is 120 Å². The van der Waals surface area contributed by atoms with Crippen LogP contribution in [0.15, 0.2) is 24.3 Å². The molecule has 0 radical (unpaired) electrons. The van der Waals surface area contributed by atoms with Gasteiger partial charge in [0.2, 0.25) is 5.91 Å². The summed E-state index contributed by atoms with van der Waals surface area (Å²) in [5.74, 6) is 0.658. The zero-order valence-corrected chi connectivity index (χ0v) is 12.3. The maximum atomic E-state index is 11.4. The predicted molar refractivity (Wildman–Crippen MR) is 82.0 cm³/mol. The third-order valence-electron chi connectivity index (χ3n) is 3.98. The monoisotopic (exact) mass is 276 g/mol. The molecule has 1 amide bonds. The largest absolute Gasteiger partial charge is 0.382 e. The van der Waals surface area contributed by atoms with Crippen LogP contribution in [-0.2, 0) is 9.53 Å². The number of hydrogen-bond acceptors (Lipinski definition) is 3. The van der Waals surface area contributed by atoms with Crippen LogP contribution in [0.4, 0.5) is 11.4 Å². The van der Waals surface area contributed by atoms with Crippen molar-refractivity contribution < 1.29 is 9.53 Å². The number of benzene rings is 1. The highest BCUT2D eigenvalue weighted by Gasteiger charge is 2.25. The molecule has 0 heterocycles. The van der Waals surface area contributed by atoms with E-state index >= 15 is 0 Å². The fourth-order valence-corrected chi connectivity index (χ4v) is 2.91. The van der Waals surface area contributed by atoms with Gasteiger partial charge in [0.05, 0.1) is 0 Å². The number of amides is 1. The van der Waals surface area contributed by atoms with Crippen LogP contribution in [0.5, 0.6) is 0 Å². The maximum Gasteiger partial charge on any atom is 0.250 e. The summed E-state index contributed by atoms with van der Waals surface area (Å²) in [5.41, 5.74) is 1.93. The van der Waals surface area contributed by atoms with E-state index in [1.165, 1.54) is 32.8 Å². The summed E-state index contributed by atoms with van der Waals surface area (Å²) < 4.78 is 4.79. The van der Waals surface area contributed by atoms with Crippen molar-refractivity contribution in [1.82, 2.24) is 0 Å². The van der Waals surface area contributed by atoms with Gasteiger partial charge in [-0.2, -0.15) is 0 Å². The summed E-state index contributed by atoms with van der Waals surface area (Å²) in [4.78, 5) is 11.4. The molecule has 1 aliphatic rings. The quantitative estimate of drug-likeness (QED) is 0.838. The molecule has 1 saturated carbocycles. The molecule has 2 unspecified atom stereocenters. The molecule has 20 heavy (non-hydrogen) atoms. The van der Waals surface area contributed by atoms with Gasteiger partial charge in [-0.15, -0.1) is 0 Å². The molecule has 1 aromatic carbocycles. The van der Waals surface area contributed by atoms with Gasteiger partial charge in [0.1, 0.15) is 6.61 Å². The van der Waals surface area contributed by atoms with Crippen LogP contribution in [0.2, 0.25) is 0 Å². The van der Waals surface area contributed by atoms with Crippen LogP contribution in [0.25, 0.3) is 0 Å². The van der Waals surface area contributed by atoms with Crippen molar-refractivity contribution in [2.45, 2.75) is 38.6 Å². The van der Waals surface area contributed by atoms with Crippen LogP contribution < -0.4 is 10.6 Å². The van der Waals surface area contributed by atoms with Gasteiger partial charge < -0.3 is 15.4 Å². The van der Waals surface area contributed by atoms with Gasteiger partial charge in [0, 0.05) is 24.5 Å². The Bertz CT molecular complexity index is 431. The number of ether oxygens (including phenoxy) is 1. The highest BCUT2D eigenvalue weighted by atomic mass is 16.5. The second-order valence-corrected chi connectivity index (χ2v) is 5.41. The minimum absolute atomic E-state index is 0.0836. The van der Waals surface area contributed by atoms with E-state index in [2.05, 4.69) is 17.6 Å². The fraction of sp³-hybridized carbons (Fsp3) is 0.562. The first-order valence-corrected chi connectivity index (χ1v) is 7.38. The summed E-state index contributed by atoms with van der Waals surface area (Å²) in [6, 6.07) is 8.48. The van der Waals surface area contributed by atoms with Gasteiger partial charge in [-0.25, -0.2) is 0 Å². The van der Waals surface area contributed by atoms with Crippen LogP contribution in [0.3, 0.4) is 0 Å². The molecule has 2 atom stereocenters. The highest BCUT2D eigenvalue weighted by Crippen LogP contribution is 2.30. The molecule has 2 rings (SSSR count). The molecule has 0 aromatic heterocycles. The third kappa shape index (κ3) is 3.97. The lowest BCUT2D eigenvalue weighted by atomic mass is 10.0. The second-order valence-electron chi connectivity index (χ2n) is 5.41. The highest BCUT2D eigenvalue weighted by molar-refractivity contribution is 5.91. The summed E-state index contributed by atoms with van der Waals surface area (Å²) in [5, 5.41) is 6.40. The number of methoxy groups -OCH3 is 1. The first kappa shape index (κ1) is 14.9. The van der Waals surface area contributed by atoms with Crippen LogP contribution in [0, 0.1) is 5.92 Å². The molecule has 110 valence electrons. The van der Waals surface area contributed by atoms with Crippen molar-refractivity contribution in [3.63, 3.8) is 0 Å². The molecule has 0 aliphatic heterocycles. The smallest absolute Gasteiger partial charge is 0.250 e. The lowest BCUT2D eigenvalue weighted by Crippen LogP contribution is -2.23. The van der Waals surface area contributed by atoms with E-state index in [0.717, 1.165) is 17.3 Å². The van der Waals surface area contributed by atoms with Gasteiger partial charge in [-0.1, -0.05) is 19.8 Å². The predicted octanol–water partition coefficient (Wildman–Crippen LogP) is 3.26. The lowest BCUT2D eigenvalue weighted by molar-refractivity contribution is -0.119. The van der Waals surface area contributed by atoms with E-state index in [9.17, 15) is 4.79 Å². The number of anilines is 2. The summed E-state index contributed by atoms with van der Waals surface area (Å²) in [6.45, 7) is 2.35. The fourth-order valence-electron chi connectivity index (χ4n) is 2.91. The maximum absolute atomic E-state index is 11.4. The molecule has 2 N–H and O–H groups in total. The first-order valence-electron chi connectivity index (χ1n) is 7.38. The average molecular weight is 276 g/mol. The van der Waals surface area contributed by atoms with E-state index in [-0.39, 0.29) is 12.5 Å². The van der Waals surface area contributed by atoms with Crippen molar-refractivity contribution in [1.29, 1.82) is 0 Å². The summed E-state index contributed by atoms with van der Waals surface area (Å²) in [7, 11) is 1.51. The van der Waals surface area contributed by atoms with Gasteiger partial charge in [-0.05, 0) is 43.0 Å². The molecule has 1 aromatic rings. The first-order chi connectivity index (χ1) is 9.72. The topological polar surface area (TPSA) is 50.4 Å². The Kier molecular flexibility index (Phi) is 5.41. The Balaban J connectivity index is 1.89. The van der Waals surface area contributed by atoms with Gasteiger partial charge in [0.25, 0.3) is 0 Å². The average Bonchev–Trinajstić information content (AvgIpc) is 2.88. The van der Waals surface area contributed by atoms with Crippen LogP contribution in [-0.4, -0.2) is 25.7 Å². The summed E-state index contributed by atoms with van der Waals surface area (Å²) >= 11 is 0. The van der Waals surface area contributed by atoms with Gasteiger partial charge in [-0.3, -0.25) is 4.79 Å². The van der Waals surface area contributed by atoms with Crippen molar-refractivity contribution in [3.8, 4) is 0 Å². The number of nitrogens with one attached hydrogen (secondary N) is 2. The molecular formula is C16H24N2O2. The van der Waals surface area contributed by atoms with E-state index in [4.69, 9.17) is 4.74 Å². The minimum Gasteiger partial charge on any atom is -0.382 e. The molecule has 0 spiro atoms. The molecule has 1 fully saturated rings. The molecule has 4 heteroatoms. The standard InChI is InChI=1S/C16H24N2O2/c1-3-12-5-4-6-15(12)17-13-7-9-14(10-8-13)18-16(19)11-20-2/h7-10,12,15,17H,3-6,11H2,1-2H3,(H,18,19). The van der Waals surface area contributed by atoms with E-state index in [1.54, 1.807) is 0 Å². The van der Waals surface area contributed by atoms with Crippen molar-refractivity contribution in [2.24, 2.45) is 5.92 Å². The SMILES string of the molecule is CCC1CCCC1Nc1ccc(NC(=O)COC)cc1. The van der Waals surface area contributed by atoms with E-state index in [0.29, 0.717) is 6.04 Å². The molecule has 1 aliphatic carbocycles. The van der Waals surface area contributed by atoms with Crippen LogP contribution >= 0.6 is 0 Å². The van der Waals surface area contributed by atoms with Gasteiger partial charge >= 0.3 is 0 Å². The van der Waals surface area contributed by atoms with Crippen molar-refractivity contribution in [2.75, 3.05) is 24.4 Å². The second kappa shape index (κ2) is 7.29. The zero-order chi connectivity index (χ0) is 14.4. The van der Waals surface area contributed by atoms with E-state index < -0.39 is 0 Å². The Hall–Kier alpha value is -1.55. The number of carbonyl (C=O) groups is 1. The van der Waals surface area contributed by atoms with Crippen LogP contribution in [0.1, 0.15) is 32.6 Å². The molecule has 4 nitrogen and oxygen atoms in total. The minimum atomic E-state index is -0.130. The third-order valence-corrected chi connectivity index (χ3v) is 3.98. The molecule has 0 saturated heterocycles. The Morgan fingerprint density at radius 3 is 2.60 bits per heavy atom. The molecule has 0 bridgehead atoms. The number of carbonyl (C=O) groups excluding carboxylic acids is 1. The Morgan fingerprint density at radius 1 is 1.25 bits per heavy atom. The Morgan fingerprint density at radius 2 is 1.95 bits per heavy atom. The lowest BCUT2D eigenvalue weighted by Gasteiger charge is -2.21. The number of rotatable bonds is 6. The summed E-state index contributed by atoms with van der Waals surface area (Å²) in [6.07, 6.45) is 5.15. The van der Waals surface area contributed by atoms with Crippen molar-refractivity contribution in [3.05, 3.63) is 24.3 Å². The normalized spacial score (nSPS) is 21.7. The molecular weight excluding hydrogens is 252 g/mol. The van der Waals surface area contributed by atoms with Gasteiger partial charge in [0.15, 0.2) is 0 Å². The van der Waals surface area contributed by atoms with Crippen molar-refractivity contribution >= 4 is 17.3 Å². The number of hydrogen-bond donors (Lipinski definition) is 2. The van der Waals surface area contributed by atoms with E-state index in [1.807, 2.05) is 24.3 Å².